The van der Waals surface area contributed by atoms with Gasteiger partial charge in [0.2, 0.25) is 0 Å². The zero-order valence-corrected chi connectivity index (χ0v) is 21.7. The summed E-state index contributed by atoms with van der Waals surface area (Å²) >= 11 is 0. The second-order valence-electron chi connectivity index (χ2n) is 10.7. The average Bonchev–Trinajstić information content (AvgIpc) is 3.48. The van der Waals surface area contributed by atoms with Crippen molar-refractivity contribution in [3.8, 4) is 28.3 Å². The molecule has 4 aromatic heterocycles. The van der Waals surface area contributed by atoms with Crippen LogP contribution in [0.1, 0.15) is 31.9 Å². The Bertz CT molecular complexity index is 1540. The first-order valence-corrected chi connectivity index (χ1v) is 12.2. The summed E-state index contributed by atoms with van der Waals surface area (Å²) in [4.78, 5) is 20.4. The molecule has 10 nitrogen and oxygen atoms in total. The van der Waals surface area contributed by atoms with E-state index in [4.69, 9.17) is 4.98 Å². The first kappa shape index (κ1) is 24.3. The van der Waals surface area contributed by atoms with Crippen LogP contribution in [0.15, 0.2) is 43.1 Å². The maximum absolute atomic E-state index is 11.8. The highest BCUT2D eigenvalue weighted by atomic mass is 16.4. The smallest absolute Gasteiger partial charge is 0.407 e. The molecule has 1 saturated heterocycles. The van der Waals surface area contributed by atoms with Crippen LogP contribution < -0.4 is 4.90 Å². The minimum absolute atomic E-state index is 0.152. The summed E-state index contributed by atoms with van der Waals surface area (Å²) in [5, 5.41) is 28.2. The highest BCUT2D eigenvalue weighted by Crippen LogP contribution is 2.35. The average molecular weight is 499 g/mol. The fraction of sp³-hybridized carbons (Fsp3) is 0.370. The summed E-state index contributed by atoms with van der Waals surface area (Å²) in [6.45, 7) is 9.80. The Morgan fingerprint density at radius 2 is 1.86 bits per heavy atom. The molecule has 0 spiro atoms. The van der Waals surface area contributed by atoms with Gasteiger partial charge in [-0.25, -0.2) is 14.3 Å². The molecular formula is C27H30N8O2. The van der Waals surface area contributed by atoms with Crippen LogP contribution in [-0.4, -0.2) is 66.2 Å². The van der Waals surface area contributed by atoms with E-state index in [1.165, 1.54) is 0 Å². The molecule has 1 amide bonds. The number of aromatic nitrogens is 5. The topological polar surface area (TPSA) is 116 Å². The molecule has 0 aromatic carbocycles. The summed E-state index contributed by atoms with van der Waals surface area (Å²) in [6, 6.07) is 6.23. The van der Waals surface area contributed by atoms with Crippen molar-refractivity contribution in [3.05, 3.63) is 54.2 Å². The van der Waals surface area contributed by atoms with Crippen molar-refractivity contribution in [2.45, 2.75) is 33.7 Å². The number of amides is 1. The zero-order valence-electron chi connectivity index (χ0n) is 21.7. The van der Waals surface area contributed by atoms with Crippen molar-refractivity contribution in [3.63, 3.8) is 0 Å². The number of carboxylic acid groups (broad SMARTS) is 1. The van der Waals surface area contributed by atoms with Gasteiger partial charge in [0.1, 0.15) is 11.9 Å². The lowest BCUT2D eigenvalue weighted by Crippen LogP contribution is -2.59. The van der Waals surface area contributed by atoms with E-state index in [1.54, 1.807) is 26.5 Å². The van der Waals surface area contributed by atoms with Crippen LogP contribution in [0.5, 0.6) is 0 Å². The lowest BCUT2D eigenvalue weighted by Gasteiger charge is -2.46. The second-order valence-corrected chi connectivity index (χ2v) is 10.7. The summed E-state index contributed by atoms with van der Waals surface area (Å²) in [5.74, 6) is 0.844. The fourth-order valence-corrected chi connectivity index (χ4v) is 5.14. The quantitative estimate of drug-likeness (QED) is 0.450. The highest BCUT2D eigenvalue weighted by Gasteiger charge is 2.38. The van der Waals surface area contributed by atoms with Gasteiger partial charge in [0.05, 0.1) is 29.5 Å². The Morgan fingerprint density at radius 1 is 1.08 bits per heavy atom. The van der Waals surface area contributed by atoms with Gasteiger partial charge in [-0.15, -0.1) is 0 Å². The van der Waals surface area contributed by atoms with E-state index in [2.05, 4.69) is 48.0 Å². The van der Waals surface area contributed by atoms with Crippen LogP contribution in [0.4, 0.5) is 10.6 Å². The van der Waals surface area contributed by atoms with Crippen LogP contribution >= 0.6 is 0 Å². The molecule has 0 aliphatic carbocycles. The molecule has 37 heavy (non-hydrogen) atoms. The molecule has 4 aromatic rings. The summed E-state index contributed by atoms with van der Waals surface area (Å²) in [5.41, 5.74) is 5.62. The van der Waals surface area contributed by atoms with E-state index in [0.717, 1.165) is 39.2 Å². The van der Waals surface area contributed by atoms with Crippen LogP contribution in [-0.2, 0) is 7.05 Å². The molecule has 1 unspecified atom stereocenters. The predicted octanol–water partition coefficient (Wildman–Crippen LogP) is 4.19. The second kappa shape index (κ2) is 8.92. The number of nitriles is 1. The van der Waals surface area contributed by atoms with Crippen molar-refractivity contribution >= 4 is 17.4 Å². The number of carbonyl (C=O) groups is 1. The van der Waals surface area contributed by atoms with Crippen LogP contribution in [0.3, 0.4) is 0 Å². The van der Waals surface area contributed by atoms with Crippen molar-refractivity contribution < 1.29 is 9.90 Å². The van der Waals surface area contributed by atoms with E-state index < -0.39 is 6.09 Å². The molecule has 190 valence electrons. The minimum atomic E-state index is -0.883. The van der Waals surface area contributed by atoms with Gasteiger partial charge in [0.25, 0.3) is 0 Å². The van der Waals surface area contributed by atoms with Gasteiger partial charge >= 0.3 is 6.09 Å². The Balaban J connectivity index is 1.56. The van der Waals surface area contributed by atoms with Gasteiger partial charge < -0.3 is 14.9 Å². The number of hydrogen-bond acceptors (Lipinski definition) is 6. The Morgan fingerprint density at radius 3 is 2.49 bits per heavy atom. The van der Waals surface area contributed by atoms with Crippen LogP contribution in [0.25, 0.3) is 27.8 Å². The van der Waals surface area contributed by atoms with Crippen molar-refractivity contribution in [2.75, 3.05) is 24.5 Å². The zero-order chi connectivity index (χ0) is 26.5. The first-order chi connectivity index (χ1) is 17.6. The molecule has 0 radical (unpaired) electrons. The highest BCUT2D eigenvalue weighted by molar-refractivity contribution is 5.87. The van der Waals surface area contributed by atoms with Crippen molar-refractivity contribution in [1.29, 1.82) is 5.26 Å². The molecule has 1 atom stereocenters. The number of aryl methyl sites for hydroxylation is 2. The Labute approximate surface area is 215 Å². The first-order valence-electron chi connectivity index (χ1n) is 12.2. The van der Waals surface area contributed by atoms with Gasteiger partial charge in [0.15, 0.2) is 0 Å². The predicted molar refractivity (Wildman–Crippen MR) is 140 cm³/mol. The maximum Gasteiger partial charge on any atom is 0.407 e. The lowest BCUT2D eigenvalue weighted by atomic mass is 9.84. The molecular weight excluding hydrogens is 468 g/mol. The van der Waals surface area contributed by atoms with E-state index in [-0.39, 0.29) is 11.5 Å². The molecule has 5 heterocycles. The largest absolute Gasteiger partial charge is 0.465 e. The van der Waals surface area contributed by atoms with E-state index in [9.17, 15) is 15.2 Å². The minimum Gasteiger partial charge on any atom is -0.465 e. The van der Waals surface area contributed by atoms with Crippen molar-refractivity contribution in [2.24, 2.45) is 12.5 Å². The standard InChI is InChI=1S/C27H30N8O2/c1-17-8-18(11-29-25(17)33-6-7-34(26(36)37)23(16-33)27(2,3)4)22-9-19(21-13-30-32(5)14-21)15-35-24(22)20(10-28)12-31-35/h8-9,11-15,23H,6-7,16H2,1-5H3,(H,36,37). The van der Waals surface area contributed by atoms with Gasteiger partial charge in [0, 0.05) is 67.5 Å². The Hall–Kier alpha value is -4.39. The molecule has 1 fully saturated rings. The molecule has 1 N–H and O–H groups in total. The number of hydrogen-bond donors (Lipinski definition) is 1. The van der Waals surface area contributed by atoms with Crippen LogP contribution in [0.2, 0.25) is 0 Å². The number of anilines is 1. The van der Waals surface area contributed by atoms with Gasteiger partial charge in [-0.05, 0) is 30.0 Å². The van der Waals surface area contributed by atoms with E-state index in [1.807, 2.05) is 38.6 Å². The molecule has 10 heteroatoms. The molecule has 0 bridgehead atoms. The Kier molecular flexibility index (Phi) is 5.86. The lowest BCUT2D eigenvalue weighted by molar-refractivity contribution is 0.0746. The van der Waals surface area contributed by atoms with Gasteiger partial charge in [-0.2, -0.15) is 15.5 Å². The number of rotatable bonds is 3. The van der Waals surface area contributed by atoms with Gasteiger partial charge in [-0.3, -0.25) is 4.68 Å². The fourth-order valence-electron chi connectivity index (χ4n) is 5.14. The van der Waals surface area contributed by atoms with Gasteiger partial charge in [-0.1, -0.05) is 20.8 Å². The SMILES string of the molecule is Cc1cc(-c2cc(-c3cnn(C)c3)cn3ncc(C#N)c23)cnc1N1CCN(C(=O)O)C(C(C)(C)C)C1. The van der Waals surface area contributed by atoms with Crippen molar-refractivity contribution in [1.82, 2.24) is 29.3 Å². The van der Waals surface area contributed by atoms with E-state index >= 15 is 0 Å². The number of nitrogens with zero attached hydrogens (tertiary/aromatic N) is 8. The normalized spacial score (nSPS) is 16.3. The number of fused-ring (bicyclic) bond motifs is 1. The van der Waals surface area contributed by atoms with E-state index in [0.29, 0.717) is 25.2 Å². The van der Waals surface area contributed by atoms with Crippen LogP contribution in [0, 0.1) is 23.7 Å². The molecule has 5 rings (SSSR count). The number of pyridine rings is 2. The number of piperazine rings is 1. The third-order valence-corrected chi connectivity index (χ3v) is 7.06. The molecule has 1 aliphatic rings. The monoisotopic (exact) mass is 498 g/mol. The summed E-state index contributed by atoms with van der Waals surface area (Å²) in [7, 11) is 1.87. The third kappa shape index (κ3) is 4.37. The molecule has 0 saturated carbocycles. The third-order valence-electron chi connectivity index (χ3n) is 7.06. The maximum atomic E-state index is 11.8. The molecule has 1 aliphatic heterocycles. The summed E-state index contributed by atoms with van der Waals surface area (Å²) < 4.78 is 3.48. The summed E-state index contributed by atoms with van der Waals surface area (Å²) in [6.07, 6.45) is 8.17.